The molecule has 0 saturated heterocycles. The smallest absolute Gasteiger partial charge is 0.296 e. The van der Waals surface area contributed by atoms with Gasteiger partial charge < -0.3 is 10.5 Å². The Balaban J connectivity index is 2.01. The van der Waals surface area contributed by atoms with Crippen LogP contribution in [0.2, 0.25) is 0 Å². The van der Waals surface area contributed by atoms with E-state index in [1.54, 1.807) is 18.2 Å². The van der Waals surface area contributed by atoms with E-state index < -0.39 is 18.1 Å². The minimum Gasteiger partial charge on any atom is -0.367 e. The number of benzene rings is 1. The van der Waals surface area contributed by atoms with Crippen molar-refractivity contribution in [1.29, 1.82) is 0 Å². The predicted octanol–water partition coefficient (Wildman–Crippen LogP) is 3.31. The molecule has 0 radical (unpaired) electrons. The molecule has 0 spiro atoms. The van der Waals surface area contributed by atoms with Crippen molar-refractivity contribution in [3.63, 3.8) is 0 Å². The number of halogens is 2. The van der Waals surface area contributed by atoms with Gasteiger partial charge in [0, 0.05) is 12.1 Å². The zero-order chi connectivity index (χ0) is 13.9. The molecule has 2 atom stereocenters. The van der Waals surface area contributed by atoms with Crippen molar-refractivity contribution >= 4 is 0 Å². The maximum Gasteiger partial charge on any atom is 0.296 e. The number of hydrogen-bond acceptors (Lipinski definition) is 2. The molecule has 1 saturated carbocycles. The van der Waals surface area contributed by atoms with Crippen LogP contribution in [0.3, 0.4) is 0 Å². The van der Waals surface area contributed by atoms with Crippen molar-refractivity contribution in [2.45, 2.75) is 37.7 Å². The van der Waals surface area contributed by atoms with E-state index >= 15 is 0 Å². The molecule has 2 unspecified atom stereocenters. The zero-order valence-corrected chi connectivity index (χ0v) is 11.2. The summed E-state index contributed by atoms with van der Waals surface area (Å²) in [5.41, 5.74) is 5.16. The number of hydrogen-bond donors (Lipinski definition) is 1. The van der Waals surface area contributed by atoms with Gasteiger partial charge in [0.15, 0.2) is 0 Å². The third-order valence-corrected chi connectivity index (χ3v) is 3.94. The second-order valence-electron chi connectivity index (χ2n) is 5.59. The standard InChI is InChI=1S/C15H21F2NO/c1-12-7-8-14(9-12,10-18)19-11-15(16,17)13-5-3-2-4-6-13/h2-6,12H,7-11,18H2,1H3. The van der Waals surface area contributed by atoms with Gasteiger partial charge in [-0.3, -0.25) is 0 Å². The number of alkyl halides is 2. The largest absolute Gasteiger partial charge is 0.367 e. The Kier molecular flexibility index (Phi) is 4.21. The lowest BCUT2D eigenvalue weighted by Crippen LogP contribution is -2.41. The van der Waals surface area contributed by atoms with E-state index in [0.29, 0.717) is 12.5 Å². The van der Waals surface area contributed by atoms with E-state index in [1.807, 2.05) is 0 Å². The minimum atomic E-state index is -2.96. The first-order valence-corrected chi connectivity index (χ1v) is 6.75. The molecular formula is C15H21F2NO. The Hall–Kier alpha value is -1.00. The molecule has 0 bridgehead atoms. The Bertz CT molecular complexity index is 410. The van der Waals surface area contributed by atoms with Crippen molar-refractivity contribution in [3.05, 3.63) is 35.9 Å². The fourth-order valence-electron chi connectivity index (χ4n) is 2.73. The molecule has 2 N–H and O–H groups in total. The van der Waals surface area contributed by atoms with Gasteiger partial charge in [0.25, 0.3) is 5.92 Å². The first-order valence-electron chi connectivity index (χ1n) is 6.75. The maximum absolute atomic E-state index is 14.0. The van der Waals surface area contributed by atoms with Crippen LogP contribution in [0.5, 0.6) is 0 Å². The molecule has 0 aliphatic heterocycles. The molecule has 1 aromatic carbocycles. The van der Waals surface area contributed by atoms with Crippen LogP contribution in [0.1, 0.15) is 31.7 Å². The van der Waals surface area contributed by atoms with Gasteiger partial charge in [0.1, 0.15) is 6.61 Å². The Morgan fingerprint density at radius 3 is 2.58 bits per heavy atom. The van der Waals surface area contributed by atoms with Crippen molar-refractivity contribution in [1.82, 2.24) is 0 Å². The van der Waals surface area contributed by atoms with Gasteiger partial charge >= 0.3 is 0 Å². The average molecular weight is 269 g/mol. The number of ether oxygens (including phenoxy) is 1. The van der Waals surface area contributed by atoms with E-state index in [-0.39, 0.29) is 5.56 Å². The van der Waals surface area contributed by atoms with Gasteiger partial charge in [-0.1, -0.05) is 37.3 Å². The lowest BCUT2D eigenvalue weighted by atomic mass is 10.0. The second kappa shape index (κ2) is 5.55. The molecule has 1 aliphatic carbocycles. The summed E-state index contributed by atoms with van der Waals surface area (Å²) in [5.74, 6) is -2.47. The first kappa shape index (κ1) is 14.4. The summed E-state index contributed by atoms with van der Waals surface area (Å²) in [4.78, 5) is 0. The molecule has 0 heterocycles. The maximum atomic E-state index is 14.0. The molecule has 0 aromatic heterocycles. The van der Waals surface area contributed by atoms with Crippen LogP contribution < -0.4 is 5.73 Å². The lowest BCUT2D eigenvalue weighted by molar-refractivity contribution is -0.139. The molecule has 2 nitrogen and oxygen atoms in total. The summed E-state index contributed by atoms with van der Waals surface area (Å²) in [6, 6.07) is 7.80. The monoisotopic (exact) mass is 269 g/mol. The highest BCUT2D eigenvalue weighted by atomic mass is 19.3. The van der Waals surface area contributed by atoms with E-state index in [0.717, 1.165) is 19.3 Å². The summed E-state index contributed by atoms with van der Waals surface area (Å²) < 4.78 is 33.6. The lowest BCUT2D eigenvalue weighted by Gasteiger charge is -2.30. The zero-order valence-electron chi connectivity index (χ0n) is 11.2. The van der Waals surface area contributed by atoms with Gasteiger partial charge in [0.05, 0.1) is 5.60 Å². The SMILES string of the molecule is CC1CCC(CN)(OCC(F)(F)c2ccccc2)C1. The van der Waals surface area contributed by atoms with Crippen molar-refractivity contribution < 1.29 is 13.5 Å². The van der Waals surface area contributed by atoms with Crippen LogP contribution in [0.4, 0.5) is 8.78 Å². The first-order chi connectivity index (χ1) is 8.97. The molecule has 1 aliphatic rings. The molecular weight excluding hydrogens is 248 g/mol. The third kappa shape index (κ3) is 3.31. The minimum absolute atomic E-state index is 0.00628. The second-order valence-corrected chi connectivity index (χ2v) is 5.59. The molecule has 19 heavy (non-hydrogen) atoms. The Morgan fingerprint density at radius 1 is 1.37 bits per heavy atom. The van der Waals surface area contributed by atoms with Crippen LogP contribution in [0.25, 0.3) is 0 Å². The Morgan fingerprint density at radius 2 is 2.05 bits per heavy atom. The topological polar surface area (TPSA) is 35.2 Å². The summed E-state index contributed by atoms with van der Waals surface area (Å²) in [7, 11) is 0. The van der Waals surface area contributed by atoms with Crippen LogP contribution in [-0.2, 0) is 10.7 Å². The van der Waals surface area contributed by atoms with E-state index in [9.17, 15) is 8.78 Å². The van der Waals surface area contributed by atoms with Crippen LogP contribution in [0, 0.1) is 5.92 Å². The highest BCUT2D eigenvalue weighted by Crippen LogP contribution is 2.38. The number of nitrogens with two attached hydrogens (primary N) is 1. The molecule has 1 aromatic rings. The summed E-state index contributed by atoms with van der Waals surface area (Å²) in [5, 5.41) is 0. The van der Waals surface area contributed by atoms with E-state index in [4.69, 9.17) is 10.5 Å². The summed E-state index contributed by atoms with van der Waals surface area (Å²) in [6.45, 7) is 1.82. The van der Waals surface area contributed by atoms with Crippen LogP contribution in [0.15, 0.2) is 30.3 Å². The van der Waals surface area contributed by atoms with Gasteiger partial charge in [-0.25, -0.2) is 0 Å². The van der Waals surface area contributed by atoms with Crippen molar-refractivity contribution in [2.24, 2.45) is 11.7 Å². The van der Waals surface area contributed by atoms with E-state index in [1.165, 1.54) is 12.1 Å². The van der Waals surface area contributed by atoms with Gasteiger partial charge in [-0.2, -0.15) is 8.78 Å². The summed E-state index contributed by atoms with van der Waals surface area (Å²) in [6.07, 6.45) is 2.54. The van der Waals surface area contributed by atoms with Gasteiger partial charge in [-0.05, 0) is 25.2 Å². The molecule has 106 valence electrons. The highest BCUT2D eigenvalue weighted by Gasteiger charge is 2.41. The van der Waals surface area contributed by atoms with Crippen LogP contribution in [-0.4, -0.2) is 18.8 Å². The normalized spacial score (nSPS) is 27.7. The average Bonchev–Trinajstić information content (AvgIpc) is 2.80. The third-order valence-electron chi connectivity index (χ3n) is 3.94. The predicted molar refractivity (Wildman–Crippen MR) is 71.1 cm³/mol. The molecule has 4 heteroatoms. The molecule has 2 rings (SSSR count). The Labute approximate surface area is 112 Å². The van der Waals surface area contributed by atoms with Gasteiger partial charge in [-0.15, -0.1) is 0 Å². The fourth-order valence-corrected chi connectivity index (χ4v) is 2.73. The van der Waals surface area contributed by atoms with Gasteiger partial charge in [0.2, 0.25) is 0 Å². The quantitative estimate of drug-likeness (QED) is 0.890. The number of rotatable bonds is 5. The highest BCUT2D eigenvalue weighted by molar-refractivity contribution is 5.20. The fraction of sp³-hybridized carbons (Fsp3) is 0.600. The van der Waals surface area contributed by atoms with Crippen molar-refractivity contribution in [3.8, 4) is 0 Å². The summed E-state index contributed by atoms with van der Waals surface area (Å²) >= 11 is 0. The molecule has 1 fully saturated rings. The van der Waals surface area contributed by atoms with Crippen molar-refractivity contribution in [2.75, 3.05) is 13.2 Å². The van der Waals surface area contributed by atoms with Crippen LogP contribution >= 0.6 is 0 Å². The molecule has 0 amide bonds. The van der Waals surface area contributed by atoms with E-state index in [2.05, 4.69) is 6.92 Å².